The maximum atomic E-state index is 13.5. The van der Waals surface area contributed by atoms with Crippen LogP contribution in [0.1, 0.15) is 16.1 Å². The zero-order valence-corrected chi connectivity index (χ0v) is 9.18. The zero-order chi connectivity index (χ0) is 13.4. The number of hydrogen-bond donors (Lipinski definition) is 1. The van der Waals surface area contributed by atoms with E-state index in [9.17, 15) is 19.3 Å². The third-order valence-electron chi connectivity index (χ3n) is 2.58. The molecule has 0 bridgehead atoms. The standard InChI is InChI=1S/C11H7FN2O4/c1-5-6-2-3-8(11(15)16)13-10(6)9(14(17)18)4-7(5)12/h2-4H,1H3,(H,15,16). The molecule has 2 rings (SSSR count). The molecule has 1 N–H and O–H groups in total. The average molecular weight is 250 g/mol. The molecule has 7 heteroatoms. The van der Waals surface area contributed by atoms with Crippen molar-refractivity contribution in [1.82, 2.24) is 4.98 Å². The fourth-order valence-corrected chi connectivity index (χ4v) is 1.64. The summed E-state index contributed by atoms with van der Waals surface area (Å²) in [5.74, 6) is -2.02. The molecule has 0 aliphatic rings. The highest BCUT2D eigenvalue weighted by molar-refractivity contribution is 5.94. The Labute approximate surface area is 99.8 Å². The van der Waals surface area contributed by atoms with Crippen LogP contribution in [0.3, 0.4) is 0 Å². The Kier molecular flexibility index (Phi) is 2.66. The van der Waals surface area contributed by atoms with Crippen LogP contribution in [0.4, 0.5) is 10.1 Å². The van der Waals surface area contributed by atoms with Gasteiger partial charge in [0.2, 0.25) is 0 Å². The van der Waals surface area contributed by atoms with Gasteiger partial charge in [-0.3, -0.25) is 10.1 Å². The summed E-state index contributed by atoms with van der Waals surface area (Å²) in [6.07, 6.45) is 0. The van der Waals surface area contributed by atoms with Gasteiger partial charge >= 0.3 is 5.97 Å². The van der Waals surface area contributed by atoms with Crippen LogP contribution in [-0.2, 0) is 0 Å². The Morgan fingerprint density at radius 3 is 2.72 bits per heavy atom. The first-order chi connectivity index (χ1) is 8.41. The number of aromatic nitrogens is 1. The molecule has 0 aliphatic heterocycles. The topological polar surface area (TPSA) is 93.3 Å². The molecule has 1 heterocycles. The number of carboxylic acid groups (broad SMARTS) is 1. The SMILES string of the molecule is Cc1c(F)cc([N+](=O)[O-])c2nc(C(=O)O)ccc12. The summed E-state index contributed by atoms with van der Waals surface area (Å²) < 4.78 is 13.5. The summed E-state index contributed by atoms with van der Waals surface area (Å²) in [5, 5.41) is 19.8. The molecule has 0 atom stereocenters. The molecular weight excluding hydrogens is 243 g/mol. The van der Waals surface area contributed by atoms with Crippen LogP contribution in [0.2, 0.25) is 0 Å². The number of aryl methyl sites for hydroxylation is 1. The number of aromatic carboxylic acids is 1. The second-order valence-electron chi connectivity index (χ2n) is 3.66. The van der Waals surface area contributed by atoms with Gasteiger partial charge in [-0.1, -0.05) is 0 Å². The van der Waals surface area contributed by atoms with Gasteiger partial charge in [-0.2, -0.15) is 0 Å². The molecule has 0 fully saturated rings. The van der Waals surface area contributed by atoms with Crippen molar-refractivity contribution < 1.29 is 19.2 Å². The first kappa shape index (κ1) is 11.9. The Morgan fingerprint density at radius 1 is 1.50 bits per heavy atom. The van der Waals surface area contributed by atoms with Gasteiger partial charge in [-0.05, 0) is 24.6 Å². The highest BCUT2D eigenvalue weighted by Gasteiger charge is 2.20. The van der Waals surface area contributed by atoms with Crippen LogP contribution in [0.25, 0.3) is 10.9 Å². The van der Waals surface area contributed by atoms with E-state index in [2.05, 4.69) is 4.98 Å². The van der Waals surface area contributed by atoms with Crippen molar-refractivity contribution in [2.75, 3.05) is 0 Å². The molecule has 6 nitrogen and oxygen atoms in total. The van der Waals surface area contributed by atoms with Gasteiger partial charge in [0.05, 0.1) is 11.0 Å². The summed E-state index contributed by atoms with van der Waals surface area (Å²) in [4.78, 5) is 24.5. The van der Waals surface area contributed by atoms with Crippen molar-refractivity contribution in [3.8, 4) is 0 Å². The lowest BCUT2D eigenvalue weighted by Gasteiger charge is -2.04. The molecule has 0 radical (unpaired) electrons. The number of pyridine rings is 1. The molecule has 2 aromatic rings. The van der Waals surface area contributed by atoms with Gasteiger partial charge < -0.3 is 5.11 Å². The number of non-ortho nitro benzene ring substituents is 1. The Morgan fingerprint density at radius 2 is 2.17 bits per heavy atom. The highest BCUT2D eigenvalue weighted by atomic mass is 19.1. The Bertz CT molecular complexity index is 684. The number of halogens is 1. The van der Waals surface area contributed by atoms with Gasteiger partial charge in [0, 0.05) is 5.39 Å². The molecule has 0 spiro atoms. The van der Waals surface area contributed by atoms with Gasteiger partial charge in [0.15, 0.2) is 0 Å². The van der Waals surface area contributed by atoms with Crippen molar-refractivity contribution in [2.45, 2.75) is 6.92 Å². The second-order valence-corrected chi connectivity index (χ2v) is 3.66. The smallest absolute Gasteiger partial charge is 0.354 e. The quantitative estimate of drug-likeness (QED) is 0.651. The number of rotatable bonds is 2. The fourth-order valence-electron chi connectivity index (χ4n) is 1.64. The van der Waals surface area contributed by atoms with Crippen LogP contribution in [0, 0.1) is 22.9 Å². The Hall–Kier alpha value is -2.57. The van der Waals surface area contributed by atoms with E-state index in [-0.39, 0.29) is 22.2 Å². The number of fused-ring (bicyclic) bond motifs is 1. The van der Waals surface area contributed by atoms with E-state index < -0.39 is 22.4 Å². The third-order valence-corrected chi connectivity index (χ3v) is 2.58. The van der Waals surface area contributed by atoms with E-state index >= 15 is 0 Å². The number of nitrogens with zero attached hydrogens (tertiary/aromatic N) is 2. The van der Waals surface area contributed by atoms with Gasteiger partial charge in [-0.25, -0.2) is 14.2 Å². The van der Waals surface area contributed by atoms with E-state index in [0.29, 0.717) is 0 Å². The van der Waals surface area contributed by atoms with E-state index in [1.165, 1.54) is 19.1 Å². The van der Waals surface area contributed by atoms with Crippen LogP contribution in [0.5, 0.6) is 0 Å². The van der Waals surface area contributed by atoms with Crippen LogP contribution < -0.4 is 0 Å². The molecule has 1 aromatic carbocycles. The number of carbonyl (C=O) groups is 1. The average Bonchev–Trinajstić information content (AvgIpc) is 2.32. The van der Waals surface area contributed by atoms with Crippen molar-refractivity contribution in [3.05, 3.63) is 45.4 Å². The van der Waals surface area contributed by atoms with Crippen molar-refractivity contribution in [2.24, 2.45) is 0 Å². The summed E-state index contributed by atoms with van der Waals surface area (Å²) in [5.41, 5.74) is -0.799. The summed E-state index contributed by atoms with van der Waals surface area (Å²) in [7, 11) is 0. The lowest BCUT2D eigenvalue weighted by molar-refractivity contribution is -0.383. The zero-order valence-electron chi connectivity index (χ0n) is 9.18. The van der Waals surface area contributed by atoms with Gasteiger partial charge in [-0.15, -0.1) is 0 Å². The Balaban J connectivity index is 2.91. The molecule has 18 heavy (non-hydrogen) atoms. The van der Waals surface area contributed by atoms with Crippen molar-refractivity contribution in [3.63, 3.8) is 0 Å². The minimum atomic E-state index is -1.30. The molecule has 0 unspecified atom stereocenters. The number of hydrogen-bond acceptors (Lipinski definition) is 4. The van der Waals surface area contributed by atoms with E-state index in [4.69, 9.17) is 5.11 Å². The van der Waals surface area contributed by atoms with E-state index in [1.807, 2.05) is 0 Å². The molecule has 0 aliphatic carbocycles. The van der Waals surface area contributed by atoms with Crippen molar-refractivity contribution >= 4 is 22.6 Å². The number of benzene rings is 1. The van der Waals surface area contributed by atoms with E-state index in [0.717, 1.165) is 6.07 Å². The lowest BCUT2D eigenvalue weighted by Crippen LogP contribution is -2.03. The first-order valence-electron chi connectivity index (χ1n) is 4.89. The first-order valence-corrected chi connectivity index (χ1v) is 4.89. The molecule has 1 aromatic heterocycles. The predicted octanol–water partition coefficient (Wildman–Crippen LogP) is 2.29. The highest BCUT2D eigenvalue weighted by Crippen LogP contribution is 2.29. The third kappa shape index (κ3) is 1.75. The molecule has 92 valence electrons. The summed E-state index contributed by atoms with van der Waals surface area (Å²) >= 11 is 0. The predicted molar refractivity (Wildman–Crippen MR) is 60.1 cm³/mol. The minimum Gasteiger partial charge on any atom is -0.477 e. The fraction of sp³-hybridized carbons (Fsp3) is 0.0909. The molecule has 0 amide bonds. The number of carboxylic acids is 1. The maximum Gasteiger partial charge on any atom is 0.354 e. The van der Waals surface area contributed by atoms with Crippen LogP contribution in [-0.4, -0.2) is 21.0 Å². The number of nitro groups is 1. The van der Waals surface area contributed by atoms with Crippen LogP contribution >= 0.6 is 0 Å². The van der Waals surface area contributed by atoms with Crippen molar-refractivity contribution in [1.29, 1.82) is 0 Å². The maximum absolute atomic E-state index is 13.5. The van der Waals surface area contributed by atoms with Gasteiger partial charge in [0.25, 0.3) is 5.69 Å². The lowest BCUT2D eigenvalue weighted by atomic mass is 10.1. The van der Waals surface area contributed by atoms with E-state index in [1.54, 1.807) is 0 Å². The molecule has 0 saturated heterocycles. The minimum absolute atomic E-state index is 0.126. The van der Waals surface area contributed by atoms with Gasteiger partial charge in [0.1, 0.15) is 17.0 Å². The largest absolute Gasteiger partial charge is 0.477 e. The monoisotopic (exact) mass is 250 g/mol. The number of nitro benzene ring substituents is 1. The second kappa shape index (κ2) is 4.02. The normalized spacial score (nSPS) is 10.6. The molecule has 0 saturated carbocycles. The van der Waals surface area contributed by atoms with Crippen LogP contribution in [0.15, 0.2) is 18.2 Å². The summed E-state index contributed by atoms with van der Waals surface area (Å²) in [6, 6.07) is 3.24. The summed E-state index contributed by atoms with van der Waals surface area (Å²) in [6.45, 7) is 1.45. The molecular formula is C11H7FN2O4.